The number of esters is 1. The van der Waals surface area contributed by atoms with Crippen molar-refractivity contribution in [2.45, 2.75) is 55.2 Å². The van der Waals surface area contributed by atoms with Crippen LogP contribution in [0, 0.1) is 12.8 Å². The van der Waals surface area contributed by atoms with Crippen molar-refractivity contribution in [3.05, 3.63) is 35.7 Å². The lowest BCUT2D eigenvalue weighted by Gasteiger charge is -2.40. The van der Waals surface area contributed by atoms with Crippen molar-refractivity contribution in [1.82, 2.24) is 9.71 Å². The normalized spacial score (nSPS) is 36.8. The number of rotatable bonds is 3. The smallest absolute Gasteiger partial charge is 0.337 e. The van der Waals surface area contributed by atoms with E-state index in [9.17, 15) is 18.3 Å². The lowest BCUT2D eigenvalue weighted by molar-refractivity contribution is -0.140. The highest BCUT2D eigenvalue weighted by Gasteiger charge is 2.64. The van der Waals surface area contributed by atoms with Crippen LogP contribution in [0.2, 0.25) is 0 Å². The largest absolute Gasteiger partial charge is 0.455 e. The standard InChI is InChI=1S/C17H20N2O5S/c1-10-3-5-12(9-18-10)25(22,23)19-16(2)7-11-4-6-14-17(11,21)13(8-16)15(20)24-14/h3,5,8-9,11,14,19,21H,4,6-7H2,1-2H3/t11?,14-,16-,17+/m1/s1. The highest BCUT2D eigenvalue weighted by molar-refractivity contribution is 7.89. The molecule has 1 saturated heterocycles. The predicted molar refractivity (Wildman–Crippen MR) is 88.0 cm³/mol. The van der Waals surface area contributed by atoms with E-state index in [0.29, 0.717) is 19.3 Å². The fourth-order valence-corrected chi connectivity index (χ4v) is 5.64. The van der Waals surface area contributed by atoms with Gasteiger partial charge in [0.05, 0.1) is 5.57 Å². The molecule has 1 aromatic rings. The van der Waals surface area contributed by atoms with E-state index in [-0.39, 0.29) is 16.4 Å². The van der Waals surface area contributed by atoms with Crippen molar-refractivity contribution in [1.29, 1.82) is 0 Å². The average Bonchev–Trinajstić information content (AvgIpc) is 2.95. The van der Waals surface area contributed by atoms with Crippen molar-refractivity contribution >= 4 is 16.0 Å². The number of aliphatic hydroxyl groups is 1. The molecule has 0 radical (unpaired) electrons. The third-order valence-electron chi connectivity index (χ3n) is 5.49. The monoisotopic (exact) mass is 364 g/mol. The molecule has 134 valence electrons. The zero-order valence-electron chi connectivity index (χ0n) is 14.0. The van der Waals surface area contributed by atoms with Gasteiger partial charge in [-0.2, -0.15) is 0 Å². The van der Waals surface area contributed by atoms with E-state index in [1.54, 1.807) is 19.9 Å². The van der Waals surface area contributed by atoms with Gasteiger partial charge in [0.15, 0.2) is 0 Å². The molecule has 2 N–H and O–H groups in total. The van der Waals surface area contributed by atoms with Crippen molar-refractivity contribution in [2.24, 2.45) is 5.92 Å². The van der Waals surface area contributed by atoms with Gasteiger partial charge in [0, 0.05) is 17.4 Å². The third kappa shape index (κ3) is 2.43. The van der Waals surface area contributed by atoms with Gasteiger partial charge in [-0.15, -0.1) is 0 Å². The van der Waals surface area contributed by atoms with Crippen LogP contribution in [0.5, 0.6) is 0 Å². The molecule has 0 amide bonds. The van der Waals surface area contributed by atoms with E-state index < -0.39 is 33.2 Å². The fourth-order valence-electron chi connectivity index (χ4n) is 4.33. The first-order valence-corrected chi connectivity index (χ1v) is 9.76. The Morgan fingerprint density at radius 3 is 2.80 bits per heavy atom. The molecule has 3 aliphatic rings. The van der Waals surface area contributed by atoms with Crippen LogP contribution in [0.1, 0.15) is 31.9 Å². The number of sulfonamides is 1. The summed E-state index contributed by atoms with van der Waals surface area (Å²) in [6.45, 7) is 3.50. The van der Waals surface area contributed by atoms with Gasteiger partial charge < -0.3 is 9.84 Å². The predicted octanol–water partition coefficient (Wildman–Crippen LogP) is 0.824. The molecule has 25 heavy (non-hydrogen) atoms. The summed E-state index contributed by atoms with van der Waals surface area (Å²) < 4.78 is 33.4. The van der Waals surface area contributed by atoms with E-state index in [0.717, 1.165) is 5.69 Å². The second-order valence-electron chi connectivity index (χ2n) is 7.41. The van der Waals surface area contributed by atoms with Crippen molar-refractivity contribution in [2.75, 3.05) is 0 Å². The molecule has 2 heterocycles. The highest BCUT2D eigenvalue weighted by atomic mass is 32.2. The summed E-state index contributed by atoms with van der Waals surface area (Å²) in [6.07, 6.45) is 4.00. The minimum absolute atomic E-state index is 0.0665. The zero-order valence-corrected chi connectivity index (χ0v) is 14.8. The van der Waals surface area contributed by atoms with Crippen LogP contribution in [0.3, 0.4) is 0 Å². The van der Waals surface area contributed by atoms with Crippen LogP contribution in [-0.2, 0) is 19.6 Å². The first-order chi connectivity index (χ1) is 11.6. The topological polar surface area (TPSA) is 106 Å². The second-order valence-corrected chi connectivity index (χ2v) is 9.10. The van der Waals surface area contributed by atoms with Crippen LogP contribution < -0.4 is 4.72 Å². The molecule has 1 aromatic heterocycles. The molecule has 1 unspecified atom stereocenters. The number of aromatic nitrogens is 1. The number of pyridine rings is 1. The first kappa shape index (κ1) is 16.7. The summed E-state index contributed by atoms with van der Waals surface area (Å²) >= 11 is 0. The Labute approximate surface area is 146 Å². The maximum Gasteiger partial charge on any atom is 0.337 e. The molecule has 2 aliphatic carbocycles. The Morgan fingerprint density at radius 1 is 1.36 bits per heavy atom. The molecule has 0 spiro atoms. The quantitative estimate of drug-likeness (QED) is 0.770. The Balaban J connectivity index is 1.70. The zero-order chi connectivity index (χ0) is 18.0. The molecular weight excluding hydrogens is 344 g/mol. The van der Waals surface area contributed by atoms with Gasteiger partial charge in [-0.05, 0) is 51.2 Å². The minimum Gasteiger partial charge on any atom is -0.455 e. The van der Waals surface area contributed by atoms with Crippen LogP contribution in [0.15, 0.2) is 34.9 Å². The number of ether oxygens (including phenoxy) is 1. The SMILES string of the molecule is Cc1ccc(S(=O)(=O)N[C@@]2(C)C=C3C(=O)O[C@@H]4CCC(C2)[C@]34O)cn1. The molecule has 0 aromatic carbocycles. The van der Waals surface area contributed by atoms with Gasteiger partial charge in [0.2, 0.25) is 10.0 Å². The molecule has 2 fully saturated rings. The Kier molecular flexibility index (Phi) is 3.42. The number of carbonyl (C=O) groups is 1. The summed E-state index contributed by atoms with van der Waals surface area (Å²) in [6, 6.07) is 3.13. The molecule has 4 atom stereocenters. The van der Waals surface area contributed by atoms with E-state index in [1.165, 1.54) is 18.3 Å². The van der Waals surface area contributed by atoms with E-state index in [1.807, 2.05) is 0 Å². The van der Waals surface area contributed by atoms with Crippen LogP contribution in [0.25, 0.3) is 0 Å². The number of nitrogens with one attached hydrogen (secondary N) is 1. The molecular formula is C17H20N2O5S. The number of hydrogen-bond acceptors (Lipinski definition) is 6. The maximum absolute atomic E-state index is 12.7. The van der Waals surface area contributed by atoms with Crippen molar-refractivity contribution in [3.63, 3.8) is 0 Å². The highest BCUT2D eigenvalue weighted by Crippen LogP contribution is 2.53. The van der Waals surface area contributed by atoms with Gasteiger partial charge in [-0.3, -0.25) is 4.98 Å². The Morgan fingerprint density at radius 2 is 2.12 bits per heavy atom. The van der Waals surface area contributed by atoms with Gasteiger partial charge in [0.1, 0.15) is 16.6 Å². The summed E-state index contributed by atoms with van der Waals surface area (Å²) in [4.78, 5) is 16.2. The Bertz CT molecular complexity index is 879. The van der Waals surface area contributed by atoms with Gasteiger partial charge >= 0.3 is 5.97 Å². The molecule has 7 nitrogen and oxygen atoms in total. The van der Waals surface area contributed by atoms with Crippen LogP contribution >= 0.6 is 0 Å². The summed E-state index contributed by atoms with van der Waals surface area (Å²) in [5, 5.41) is 11.0. The lowest BCUT2D eigenvalue weighted by Crippen LogP contribution is -2.54. The summed E-state index contributed by atoms with van der Waals surface area (Å²) in [7, 11) is -3.81. The third-order valence-corrected chi connectivity index (χ3v) is 7.08. The van der Waals surface area contributed by atoms with E-state index in [2.05, 4.69) is 9.71 Å². The van der Waals surface area contributed by atoms with E-state index >= 15 is 0 Å². The lowest BCUT2D eigenvalue weighted by atomic mass is 9.71. The minimum atomic E-state index is -3.81. The maximum atomic E-state index is 12.7. The van der Waals surface area contributed by atoms with E-state index in [4.69, 9.17) is 4.74 Å². The first-order valence-electron chi connectivity index (χ1n) is 8.27. The van der Waals surface area contributed by atoms with Gasteiger partial charge in [-0.1, -0.05) is 6.08 Å². The van der Waals surface area contributed by atoms with Crippen molar-refractivity contribution in [3.8, 4) is 0 Å². The second kappa shape index (κ2) is 5.12. The number of aryl methyl sites for hydroxylation is 1. The summed E-state index contributed by atoms with van der Waals surface area (Å²) in [5.74, 6) is -0.771. The Hall–Kier alpha value is -1.77. The molecule has 1 saturated carbocycles. The number of nitrogens with zero attached hydrogens (tertiary/aromatic N) is 1. The average molecular weight is 364 g/mol. The molecule has 4 rings (SSSR count). The van der Waals surface area contributed by atoms with Crippen LogP contribution in [0.4, 0.5) is 0 Å². The fraction of sp³-hybridized carbons (Fsp3) is 0.529. The number of carbonyl (C=O) groups excluding carboxylic acids is 1. The number of hydrogen-bond donors (Lipinski definition) is 2. The molecule has 1 aliphatic heterocycles. The van der Waals surface area contributed by atoms with Gasteiger partial charge in [-0.25, -0.2) is 17.9 Å². The summed E-state index contributed by atoms with van der Waals surface area (Å²) in [5.41, 5.74) is -1.36. The van der Waals surface area contributed by atoms with Gasteiger partial charge in [0.25, 0.3) is 0 Å². The van der Waals surface area contributed by atoms with Crippen LogP contribution in [-0.4, -0.2) is 41.7 Å². The molecule has 8 heteroatoms. The van der Waals surface area contributed by atoms with Crippen molar-refractivity contribution < 1.29 is 23.1 Å². The molecule has 0 bridgehead atoms.